The fourth-order valence-corrected chi connectivity index (χ4v) is 2.35. The van der Waals surface area contributed by atoms with Crippen LogP contribution in [0.2, 0.25) is 0 Å². The van der Waals surface area contributed by atoms with Crippen molar-refractivity contribution < 1.29 is 4.79 Å². The lowest BCUT2D eigenvalue weighted by molar-refractivity contribution is 0.0939. The number of aromatic nitrogens is 1. The summed E-state index contributed by atoms with van der Waals surface area (Å²) in [7, 11) is 4.01. The van der Waals surface area contributed by atoms with Gasteiger partial charge in [-0.25, -0.2) is 0 Å². The fraction of sp³-hybridized carbons (Fsp3) is 0.438. The van der Waals surface area contributed by atoms with Gasteiger partial charge in [0.15, 0.2) is 5.78 Å². The molecule has 4 nitrogen and oxygen atoms in total. The Labute approximate surface area is 120 Å². The van der Waals surface area contributed by atoms with Gasteiger partial charge in [-0.1, -0.05) is 13.8 Å². The second-order valence-electron chi connectivity index (χ2n) is 5.21. The lowest BCUT2D eigenvalue weighted by Gasteiger charge is -2.16. The van der Waals surface area contributed by atoms with Crippen LogP contribution in [0.3, 0.4) is 0 Å². The standard InChI is InChI=1S/C16H23N3O/c1-5-19(6-2)11-16(20)14-10-17-15-8-7-12(18(3)4)9-13(14)15/h7-10,17H,5-6,11H2,1-4H3. The van der Waals surface area contributed by atoms with Crippen LogP contribution in [0.25, 0.3) is 10.9 Å². The van der Waals surface area contributed by atoms with E-state index in [0.29, 0.717) is 6.54 Å². The Hall–Kier alpha value is -1.81. The van der Waals surface area contributed by atoms with E-state index in [-0.39, 0.29) is 5.78 Å². The van der Waals surface area contributed by atoms with E-state index >= 15 is 0 Å². The Kier molecular flexibility index (Phi) is 4.45. The molecule has 108 valence electrons. The summed E-state index contributed by atoms with van der Waals surface area (Å²) in [5.74, 6) is 0.177. The molecular weight excluding hydrogens is 250 g/mol. The van der Waals surface area contributed by atoms with Crippen molar-refractivity contribution >= 4 is 22.4 Å². The molecule has 20 heavy (non-hydrogen) atoms. The minimum absolute atomic E-state index is 0.177. The van der Waals surface area contributed by atoms with Crippen LogP contribution in [0.15, 0.2) is 24.4 Å². The number of hydrogen-bond donors (Lipinski definition) is 1. The highest BCUT2D eigenvalue weighted by Crippen LogP contribution is 2.24. The van der Waals surface area contributed by atoms with Crippen molar-refractivity contribution in [2.45, 2.75) is 13.8 Å². The average molecular weight is 273 g/mol. The minimum Gasteiger partial charge on any atom is -0.378 e. The zero-order valence-electron chi connectivity index (χ0n) is 12.7. The number of rotatable bonds is 6. The first-order chi connectivity index (χ1) is 9.56. The topological polar surface area (TPSA) is 39.3 Å². The molecule has 0 radical (unpaired) electrons. The molecule has 1 heterocycles. The highest BCUT2D eigenvalue weighted by atomic mass is 16.1. The number of nitrogens with zero attached hydrogens (tertiary/aromatic N) is 2. The van der Waals surface area contributed by atoms with Crippen LogP contribution < -0.4 is 4.90 Å². The molecule has 2 aromatic rings. The van der Waals surface area contributed by atoms with Gasteiger partial charge in [0.1, 0.15) is 0 Å². The molecular formula is C16H23N3O. The van der Waals surface area contributed by atoms with Gasteiger partial charge in [-0.3, -0.25) is 9.69 Å². The first kappa shape index (κ1) is 14.6. The van der Waals surface area contributed by atoms with Crippen LogP contribution in [0.1, 0.15) is 24.2 Å². The Morgan fingerprint density at radius 2 is 1.90 bits per heavy atom. The number of aromatic amines is 1. The zero-order valence-corrected chi connectivity index (χ0v) is 12.7. The normalized spacial score (nSPS) is 11.2. The second kappa shape index (κ2) is 6.09. The van der Waals surface area contributed by atoms with Gasteiger partial charge in [0.05, 0.1) is 6.54 Å². The maximum atomic E-state index is 12.5. The molecule has 2 rings (SSSR count). The molecule has 0 aliphatic carbocycles. The number of carbonyl (C=O) groups is 1. The smallest absolute Gasteiger partial charge is 0.178 e. The Balaban J connectivity index is 2.34. The number of ketones is 1. The van der Waals surface area contributed by atoms with E-state index in [1.165, 1.54) is 0 Å². The SMILES string of the molecule is CCN(CC)CC(=O)c1c[nH]c2ccc(N(C)C)cc12. The van der Waals surface area contributed by atoms with Crippen LogP contribution in [0, 0.1) is 0 Å². The summed E-state index contributed by atoms with van der Waals surface area (Å²) in [5, 5.41) is 1.01. The molecule has 0 bridgehead atoms. The van der Waals surface area contributed by atoms with Gasteiger partial charge in [-0.15, -0.1) is 0 Å². The summed E-state index contributed by atoms with van der Waals surface area (Å²) >= 11 is 0. The summed E-state index contributed by atoms with van der Waals surface area (Å²) in [6, 6.07) is 6.15. The predicted octanol–water partition coefficient (Wildman–Crippen LogP) is 2.76. The van der Waals surface area contributed by atoms with Gasteiger partial charge in [0.25, 0.3) is 0 Å². The number of anilines is 1. The molecule has 0 aliphatic rings. The summed E-state index contributed by atoms with van der Waals surface area (Å²) in [6.45, 7) is 6.43. The Bertz CT molecular complexity index is 597. The van der Waals surface area contributed by atoms with Gasteiger partial charge >= 0.3 is 0 Å². The van der Waals surface area contributed by atoms with E-state index in [9.17, 15) is 4.79 Å². The fourth-order valence-electron chi connectivity index (χ4n) is 2.35. The quantitative estimate of drug-likeness (QED) is 0.823. The molecule has 0 amide bonds. The third-order valence-electron chi connectivity index (χ3n) is 3.74. The van der Waals surface area contributed by atoms with Crippen LogP contribution in [-0.4, -0.2) is 49.4 Å². The number of Topliss-reactive ketones (excluding diaryl/α,β-unsaturated/α-hetero) is 1. The van der Waals surface area contributed by atoms with Crippen molar-refractivity contribution in [3.05, 3.63) is 30.0 Å². The molecule has 0 saturated heterocycles. The van der Waals surface area contributed by atoms with Crippen LogP contribution in [0.4, 0.5) is 5.69 Å². The van der Waals surface area contributed by atoms with Crippen molar-refractivity contribution in [3.63, 3.8) is 0 Å². The Morgan fingerprint density at radius 3 is 2.50 bits per heavy atom. The van der Waals surface area contributed by atoms with Crippen LogP contribution in [0.5, 0.6) is 0 Å². The molecule has 1 aromatic heterocycles. The molecule has 0 atom stereocenters. The number of likely N-dealkylation sites (N-methyl/N-ethyl adjacent to an activating group) is 1. The number of H-pyrrole nitrogens is 1. The van der Waals surface area contributed by atoms with E-state index in [0.717, 1.165) is 35.2 Å². The van der Waals surface area contributed by atoms with E-state index < -0.39 is 0 Å². The van der Waals surface area contributed by atoms with Gasteiger partial charge in [0.2, 0.25) is 0 Å². The average Bonchev–Trinajstić information content (AvgIpc) is 2.87. The number of nitrogens with one attached hydrogen (secondary N) is 1. The highest BCUT2D eigenvalue weighted by molar-refractivity contribution is 6.09. The maximum Gasteiger partial charge on any atom is 0.178 e. The third kappa shape index (κ3) is 2.85. The van der Waals surface area contributed by atoms with Crippen molar-refractivity contribution in [1.82, 2.24) is 9.88 Å². The van der Waals surface area contributed by atoms with Crippen molar-refractivity contribution in [2.24, 2.45) is 0 Å². The maximum absolute atomic E-state index is 12.5. The largest absolute Gasteiger partial charge is 0.378 e. The first-order valence-corrected chi connectivity index (χ1v) is 7.10. The molecule has 4 heteroatoms. The predicted molar refractivity (Wildman–Crippen MR) is 84.7 cm³/mol. The van der Waals surface area contributed by atoms with Crippen molar-refractivity contribution in [2.75, 3.05) is 38.6 Å². The minimum atomic E-state index is 0.177. The molecule has 0 aliphatic heterocycles. The monoisotopic (exact) mass is 273 g/mol. The summed E-state index contributed by atoms with van der Waals surface area (Å²) in [4.78, 5) is 19.8. The van der Waals surface area contributed by atoms with Gasteiger partial charge in [0, 0.05) is 42.4 Å². The zero-order chi connectivity index (χ0) is 14.7. The summed E-state index contributed by atoms with van der Waals surface area (Å²) < 4.78 is 0. The van der Waals surface area contributed by atoms with Crippen molar-refractivity contribution in [3.8, 4) is 0 Å². The number of hydrogen-bond acceptors (Lipinski definition) is 3. The molecule has 0 saturated carbocycles. The third-order valence-corrected chi connectivity index (χ3v) is 3.74. The van der Waals surface area contributed by atoms with E-state index in [2.05, 4.69) is 35.9 Å². The second-order valence-corrected chi connectivity index (χ2v) is 5.21. The summed E-state index contributed by atoms with van der Waals surface area (Å²) in [5.41, 5.74) is 2.91. The molecule has 1 aromatic carbocycles. The van der Waals surface area contributed by atoms with E-state index in [1.807, 2.05) is 31.3 Å². The number of carbonyl (C=O) groups excluding carboxylic acids is 1. The Morgan fingerprint density at radius 1 is 1.20 bits per heavy atom. The molecule has 0 fully saturated rings. The van der Waals surface area contributed by atoms with Gasteiger partial charge in [-0.05, 0) is 31.3 Å². The lowest BCUT2D eigenvalue weighted by Crippen LogP contribution is -2.29. The number of benzene rings is 1. The summed E-state index contributed by atoms with van der Waals surface area (Å²) in [6.07, 6.45) is 1.83. The van der Waals surface area contributed by atoms with Crippen LogP contribution in [-0.2, 0) is 0 Å². The van der Waals surface area contributed by atoms with E-state index in [1.54, 1.807) is 0 Å². The van der Waals surface area contributed by atoms with Crippen LogP contribution >= 0.6 is 0 Å². The molecule has 0 unspecified atom stereocenters. The van der Waals surface area contributed by atoms with E-state index in [4.69, 9.17) is 0 Å². The molecule has 0 spiro atoms. The number of fused-ring (bicyclic) bond motifs is 1. The highest BCUT2D eigenvalue weighted by Gasteiger charge is 2.15. The first-order valence-electron chi connectivity index (χ1n) is 7.10. The van der Waals surface area contributed by atoms with Crippen molar-refractivity contribution in [1.29, 1.82) is 0 Å². The van der Waals surface area contributed by atoms with Gasteiger partial charge < -0.3 is 9.88 Å². The molecule has 1 N–H and O–H groups in total. The van der Waals surface area contributed by atoms with Gasteiger partial charge in [-0.2, -0.15) is 0 Å². The lowest BCUT2D eigenvalue weighted by atomic mass is 10.1.